The molecule has 1 amide bonds. The van der Waals surface area contributed by atoms with Gasteiger partial charge in [0.2, 0.25) is 0 Å². The molecule has 6 rings (SSSR count). The summed E-state index contributed by atoms with van der Waals surface area (Å²) in [5, 5.41) is 8.13. The zero-order valence-electron chi connectivity index (χ0n) is 17.1. The number of fused-ring (bicyclic) bond motifs is 3. The Hall–Kier alpha value is -1.48. The van der Waals surface area contributed by atoms with Gasteiger partial charge in [-0.05, 0) is 50.4 Å². The second-order valence-electron chi connectivity index (χ2n) is 8.72. The van der Waals surface area contributed by atoms with Crippen LogP contribution in [0.3, 0.4) is 0 Å². The molecular weight excluding hydrogens is 422 g/mol. The molecule has 0 radical (unpaired) electrons. The molecule has 2 fully saturated rings. The van der Waals surface area contributed by atoms with Gasteiger partial charge in [0.05, 0.1) is 23.6 Å². The van der Waals surface area contributed by atoms with Crippen molar-refractivity contribution in [1.82, 2.24) is 25.0 Å². The highest BCUT2D eigenvalue weighted by atomic mass is 35.5. The van der Waals surface area contributed by atoms with E-state index in [9.17, 15) is 4.79 Å². The molecule has 1 saturated carbocycles. The van der Waals surface area contributed by atoms with Gasteiger partial charge in [-0.15, -0.1) is 23.7 Å². The van der Waals surface area contributed by atoms with Crippen LogP contribution in [0.2, 0.25) is 0 Å². The molecule has 0 aromatic carbocycles. The van der Waals surface area contributed by atoms with Crippen molar-refractivity contribution in [3.63, 3.8) is 0 Å². The fourth-order valence-corrected chi connectivity index (χ4v) is 6.16. The number of carbonyl (C=O) groups is 1. The maximum absolute atomic E-state index is 13.3. The Kier molecular flexibility index (Phi) is 5.37. The Bertz CT molecular complexity index is 922. The first-order valence-electron chi connectivity index (χ1n) is 10.9. The van der Waals surface area contributed by atoms with Gasteiger partial charge in [0.15, 0.2) is 5.82 Å². The summed E-state index contributed by atoms with van der Waals surface area (Å²) in [6, 6.07) is 2.14. The third kappa shape index (κ3) is 3.47. The van der Waals surface area contributed by atoms with Crippen molar-refractivity contribution in [2.75, 3.05) is 32.8 Å². The van der Waals surface area contributed by atoms with E-state index < -0.39 is 0 Å². The van der Waals surface area contributed by atoms with Crippen molar-refractivity contribution in [3.05, 3.63) is 33.0 Å². The quantitative estimate of drug-likeness (QED) is 0.762. The van der Waals surface area contributed by atoms with Crippen molar-refractivity contribution in [2.45, 2.75) is 56.6 Å². The van der Waals surface area contributed by atoms with Crippen molar-refractivity contribution in [2.24, 2.45) is 0 Å². The summed E-state index contributed by atoms with van der Waals surface area (Å²) in [5.41, 5.74) is 1.09. The zero-order valence-corrected chi connectivity index (χ0v) is 18.7. The van der Waals surface area contributed by atoms with E-state index in [1.807, 2.05) is 9.58 Å². The Morgan fingerprint density at radius 3 is 2.83 bits per heavy atom. The predicted molar refractivity (Wildman–Crippen MR) is 117 cm³/mol. The van der Waals surface area contributed by atoms with Crippen LogP contribution in [0.4, 0.5) is 0 Å². The van der Waals surface area contributed by atoms with Gasteiger partial charge in [0.1, 0.15) is 5.82 Å². The molecule has 0 unspecified atom stereocenters. The number of ether oxygens (including phenoxy) is 1. The minimum absolute atomic E-state index is 0. The Morgan fingerprint density at radius 2 is 2.03 bits per heavy atom. The summed E-state index contributed by atoms with van der Waals surface area (Å²) in [5.74, 6) is 2.78. The highest BCUT2D eigenvalue weighted by molar-refractivity contribution is 7.14. The number of hydrogen-bond donors (Lipinski definition) is 1. The van der Waals surface area contributed by atoms with Gasteiger partial charge in [-0.2, -0.15) is 5.10 Å². The predicted octanol–water partition coefficient (Wildman–Crippen LogP) is 2.49. The van der Waals surface area contributed by atoms with Gasteiger partial charge in [0, 0.05) is 36.7 Å². The number of rotatable bonds is 2. The lowest BCUT2D eigenvalue weighted by atomic mass is 9.83. The number of amides is 1. The Labute approximate surface area is 186 Å². The lowest BCUT2D eigenvalue weighted by Crippen LogP contribution is -2.44. The Balaban J connectivity index is 0.00000193. The molecule has 7 nitrogen and oxygen atoms in total. The first-order chi connectivity index (χ1) is 14.2. The molecule has 0 atom stereocenters. The van der Waals surface area contributed by atoms with Crippen LogP contribution in [0.15, 0.2) is 6.07 Å². The van der Waals surface area contributed by atoms with Crippen molar-refractivity contribution < 1.29 is 9.53 Å². The van der Waals surface area contributed by atoms with E-state index in [4.69, 9.17) is 14.8 Å². The third-order valence-electron chi connectivity index (χ3n) is 6.81. The molecule has 2 aromatic heterocycles. The van der Waals surface area contributed by atoms with E-state index in [1.54, 1.807) is 11.3 Å². The normalized spacial score (nSPS) is 22.7. The van der Waals surface area contributed by atoms with Crippen LogP contribution in [0.5, 0.6) is 0 Å². The van der Waals surface area contributed by atoms with Crippen LogP contribution < -0.4 is 5.32 Å². The topological polar surface area (TPSA) is 72.3 Å². The molecule has 4 aliphatic rings. The number of nitrogens with zero attached hydrogens (tertiary/aromatic N) is 4. The molecule has 5 heterocycles. The van der Waals surface area contributed by atoms with Crippen LogP contribution in [-0.2, 0) is 29.7 Å². The Morgan fingerprint density at radius 1 is 1.20 bits per heavy atom. The molecule has 1 saturated heterocycles. The van der Waals surface area contributed by atoms with E-state index in [-0.39, 0.29) is 23.9 Å². The molecule has 1 aliphatic carbocycles. The second-order valence-corrected chi connectivity index (χ2v) is 9.85. The van der Waals surface area contributed by atoms with Crippen molar-refractivity contribution in [3.8, 4) is 0 Å². The van der Waals surface area contributed by atoms with Crippen LogP contribution in [0.25, 0.3) is 0 Å². The largest absolute Gasteiger partial charge is 0.370 e. The van der Waals surface area contributed by atoms with Crippen LogP contribution in [0.1, 0.15) is 63.4 Å². The highest BCUT2D eigenvalue weighted by Crippen LogP contribution is 2.43. The summed E-state index contributed by atoms with van der Waals surface area (Å²) < 4.78 is 8.31. The van der Waals surface area contributed by atoms with Crippen LogP contribution in [-0.4, -0.2) is 58.4 Å². The minimum Gasteiger partial charge on any atom is -0.370 e. The van der Waals surface area contributed by atoms with Gasteiger partial charge in [-0.1, -0.05) is 0 Å². The number of halogens is 1. The molecule has 162 valence electrons. The van der Waals surface area contributed by atoms with E-state index in [1.165, 1.54) is 23.3 Å². The molecule has 30 heavy (non-hydrogen) atoms. The van der Waals surface area contributed by atoms with Crippen LogP contribution in [0, 0.1) is 0 Å². The minimum atomic E-state index is -0.183. The maximum atomic E-state index is 13.3. The standard InChI is InChI=1S/C21H27N5O2S.ClH/c27-20(25-9-3-18-23-19(14-1-2-14)24-26(18)11-10-25)17-13-15-16(29-17)4-12-28-21(15)5-7-22-8-6-21;/h13-14,22H,1-12H2;1H. The average Bonchev–Trinajstić information content (AvgIpc) is 3.42. The molecule has 1 N–H and O–H groups in total. The number of thiophene rings is 1. The monoisotopic (exact) mass is 449 g/mol. The molecule has 0 bridgehead atoms. The fraction of sp³-hybridized carbons (Fsp3) is 0.667. The lowest BCUT2D eigenvalue weighted by Gasteiger charge is -2.40. The molecule has 3 aliphatic heterocycles. The fourth-order valence-electron chi connectivity index (χ4n) is 4.96. The maximum Gasteiger partial charge on any atom is 0.264 e. The number of hydrogen-bond acceptors (Lipinski definition) is 6. The van der Waals surface area contributed by atoms with Gasteiger partial charge >= 0.3 is 0 Å². The van der Waals surface area contributed by atoms with Crippen LogP contribution >= 0.6 is 23.7 Å². The van der Waals surface area contributed by atoms with Gasteiger partial charge in [-0.25, -0.2) is 9.67 Å². The number of aromatic nitrogens is 3. The second kappa shape index (κ2) is 7.89. The zero-order chi connectivity index (χ0) is 19.4. The van der Waals surface area contributed by atoms with Crippen molar-refractivity contribution >= 4 is 29.7 Å². The summed E-state index contributed by atoms with van der Waals surface area (Å²) in [6.45, 7) is 4.88. The summed E-state index contributed by atoms with van der Waals surface area (Å²) in [4.78, 5) is 22.3. The first-order valence-corrected chi connectivity index (χ1v) is 11.7. The van der Waals surface area contributed by atoms with E-state index in [0.717, 1.165) is 75.0 Å². The summed E-state index contributed by atoms with van der Waals surface area (Å²) >= 11 is 1.68. The molecule has 2 aromatic rings. The third-order valence-corrected chi connectivity index (χ3v) is 7.99. The SMILES string of the molecule is Cl.O=C(c1cc2c(s1)CCOC21CCNCC1)N1CCc2nc(C3CC3)nn2CC1. The highest BCUT2D eigenvalue weighted by Gasteiger charge is 2.41. The molecule has 9 heteroatoms. The average molecular weight is 450 g/mol. The number of piperidine rings is 1. The van der Waals surface area contributed by atoms with E-state index in [2.05, 4.69) is 11.4 Å². The van der Waals surface area contributed by atoms with Gasteiger partial charge < -0.3 is 15.0 Å². The smallest absolute Gasteiger partial charge is 0.264 e. The summed E-state index contributed by atoms with van der Waals surface area (Å²) in [6.07, 6.45) is 6.13. The number of nitrogens with one attached hydrogen (secondary N) is 1. The summed E-state index contributed by atoms with van der Waals surface area (Å²) in [7, 11) is 0. The van der Waals surface area contributed by atoms with E-state index >= 15 is 0 Å². The molecule has 1 spiro atoms. The van der Waals surface area contributed by atoms with Gasteiger partial charge in [0.25, 0.3) is 5.91 Å². The first kappa shape index (κ1) is 20.4. The number of carbonyl (C=O) groups excluding carboxylic acids is 1. The van der Waals surface area contributed by atoms with E-state index in [0.29, 0.717) is 12.5 Å². The molecular formula is C21H28ClN5O2S. The van der Waals surface area contributed by atoms with Crippen molar-refractivity contribution in [1.29, 1.82) is 0 Å². The van der Waals surface area contributed by atoms with Gasteiger partial charge in [-0.3, -0.25) is 4.79 Å². The lowest BCUT2D eigenvalue weighted by molar-refractivity contribution is -0.0792.